The monoisotopic (exact) mass is 306 g/mol. The molecule has 0 atom stereocenters. The summed E-state index contributed by atoms with van der Waals surface area (Å²) >= 11 is 0. The summed E-state index contributed by atoms with van der Waals surface area (Å²) in [6.45, 7) is -0.479. The molecule has 0 heterocycles. The Labute approximate surface area is 127 Å². The fourth-order valence-corrected chi connectivity index (χ4v) is 2.13. The molecule has 7 nitrogen and oxygen atoms in total. The molecule has 1 aromatic carbocycles. The van der Waals surface area contributed by atoms with Gasteiger partial charge in [-0.3, -0.25) is 9.59 Å². The van der Waals surface area contributed by atoms with Gasteiger partial charge in [-0.25, -0.2) is 4.79 Å². The maximum Gasteiger partial charge on any atom is 0.329 e. The number of carboxylic acids is 1. The molecule has 2 rings (SSSR count). The highest BCUT2D eigenvalue weighted by Gasteiger charge is 2.45. The molecule has 1 saturated carbocycles. The summed E-state index contributed by atoms with van der Waals surface area (Å²) < 4.78 is 5.23. The predicted molar refractivity (Wildman–Crippen MR) is 77.3 cm³/mol. The second-order valence-electron chi connectivity index (χ2n) is 5.17. The Morgan fingerprint density at radius 1 is 1.14 bits per heavy atom. The first-order valence-corrected chi connectivity index (χ1v) is 7.01. The molecule has 0 saturated heterocycles. The van der Waals surface area contributed by atoms with E-state index in [-0.39, 0.29) is 13.2 Å². The van der Waals surface area contributed by atoms with Gasteiger partial charge in [-0.1, -0.05) is 18.2 Å². The molecule has 2 amide bonds. The lowest BCUT2D eigenvalue weighted by molar-refractivity contribution is -0.151. The lowest BCUT2D eigenvalue weighted by Gasteiger charge is -2.38. The fourth-order valence-electron chi connectivity index (χ4n) is 2.13. The van der Waals surface area contributed by atoms with E-state index in [0.29, 0.717) is 18.6 Å². The fraction of sp³-hybridized carbons (Fsp3) is 0.400. The van der Waals surface area contributed by atoms with Crippen molar-refractivity contribution in [3.63, 3.8) is 0 Å². The number of ether oxygens (including phenoxy) is 1. The lowest BCUT2D eigenvalue weighted by Crippen LogP contribution is -2.60. The molecule has 0 aliphatic heterocycles. The molecule has 22 heavy (non-hydrogen) atoms. The molecular weight excluding hydrogens is 288 g/mol. The van der Waals surface area contributed by atoms with E-state index in [1.807, 2.05) is 6.07 Å². The summed E-state index contributed by atoms with van der Waals surface area (Å²) in [6, 6.07) is 8.83. The number of carbonyl (C=O) groups is 3. The smallest absolute Gasteiger partial charge is 0.329 e. The van der Waals surface area contributed by atoms with Crippen molar-refractivity contribution in [1.29, 1.82) is 0 Å². The Balaban J connectivity index is 1.70. The summed E-state index contributed by atoms with van der Waals surface area (Å²) in [5.41, 5.74) is -1.16. The SMILES string of the molecule is O=C(COc1ccccc1)NCC(=O)NC1(C(=O)O)CCC1. The molecule has 0 spiro atoms. The molecule has 1 fully saturated rings. The van der Waals surface area contributed by atoms with Crippen LogP contribution in [0.3, 0.4) is 0 Å². The van der Waals surface area contributed by atoms with Crippen LogP contribution in [0.25, 0.3) is 0 Å². The van der Waals surface area contributed by atoms with E-state index in [2.05, 4.69) is 10.6 Å². The van der Waals surface area contributed by atoms with Crippen LogP contribution in [-0.4, -0.2) is 41.6 Å². The number of amides is 2. The summed E-state index contributed by atoms with van der Waals surface area (Å²) in [7, 11) is 0. The minimum atomic E-state index is -1.16. The molecule has 7 heteroatoms. The Morgan fingerprint density at radius 2 is 1.82 bits per heavy atom. The van der Waals surface area contributed by atoms with Crippen LogP contribution in [0, 0.1) is 0 Å². The van der Waals surface area contributed by atoms with E-state index in [4.69, 9.17) is 9.84 Å². The Morgan fingerprint density at radius 3 is 2.36 bits per heavy atom. The van der Waals surface area contributed by atoms with Gasteiger partial charge in [-0.2, -0.15) is 0 Å². The highest BCUT2D eigenvalue weighted by molar-refractivity contribution is 5.90. The summed E-state index contributed by atoms with van der Waals surface area (Å²) in [5, 5.41) is 14.0. The van der Waals surface area contributed by atoms with Crippen LogP contribution in [0.5, 0.6) is 5.75 Å². The normalized spacial score (nSPS) is 15.3. The van der Waals surface area contributed by atoms with Gasteiger partial charge in [0.2, 0.25) is 5.91 Å². The predicted octanol–water partition coefficient (Wildman–Crippen LogP) is 0.305. The third-order valence-corrected chi connectivity index (χ3v) is 3.55. The molecule has 0 aromatic heterocycles. The summed E-state index contributed by atoms with van der Waals surface area (Å²) in [4.78, 5) is 34.4. The topological polar surface area (TPSA) is 105 Å². The van der Waals surface area contributed by atoms with Crippen molar-refractivity contribution in [2.75, 3.05) is 13.2 Å². The third-order valence-electron chi connectivity index (χ3n) is 3.55. The Hall–Kier alpha value is -2.57. The molecule has 1 aromatic rings. The van der Waals surface area contributed by atoms with E-state index in [0.717, 1.165) is 6.42 Å². The maximum atomic E-state index is 11.7. The van der Waals surface area contributed by atoms with Gasteiger partial charge >= 0.3 is 5.97 Å². The van der Waals surface area contributed by atoms with E-state index < -0.39 is 23.3 Å². The minimum Gasteiger partial charge on any atom is -0.484 e. The summed E-state index contributed by atoms with van der Waals surface area (Å²) in [5.74, 6) is -1.45. The Bertz CT molecular complexity index is 554. The quantitative estimate of drug-likeness (QED) is 0.672. The van der Waals surface area contributed by atoms with Crippen molar-refractivity contribution >= 4 is 17.8 Å². The van der Waals surface area contributed by atoms with Gasteiger partial charge in [-0.15, -0.1) is 0 Å². The second-order valence-corrected chi connectivity index (χ2v) is 5.17. The molecule has 1 aliphatic carbocycles. The van der Waals surface area contributed by atoms with Crippen molar-refractivity contribution < 1.29 is 24.2 Å². The maximum absolute atomic E-state index is 11.7. The van der Waals surface area contributed by atoms with Gasteiger partial charge in [-0.05, 0) is 31.4 Å². The molecule has 0 bridgehead atoms. The Kier molecular flexibility index (Phi) is 4.98. The number of aliphatic carboxylic acids is 1. The molecule has 0 radical (unpaired) electrons. The van der Waals surface area contributed by atoms with E-state index in [9.17, 15) is 14.4 Å². The zero-order valence-electron chi connectivity index (χ0n) is 12.0. The molecule has 3 N–H and O–H groups in total. The number of benzene rings is 1. The zero-order chi connectivity index (χ0) is 16.0. The minimum absolute atomic E-state index is 0.207. The van der Waals surface area contributed by atoms with Crippen LogP contribution >= 0.6 is 0 Å². The van der Waals surface area contributed by atoms with E-state index in [1.165, 1.54) is 0 Å². The average Bonchev–Trinajstić information content (AvgIpc) is 2.47. The van der Waals surface area contributed by atoms with Gasteiger partial charge in [0.25, 0.3) is 5.91 Å². The molecule has 1 aliphatic rings. The van der Waals surface area contributed by atoms with Crippen molar-refractivity contribution in [1.82, 2.24) is 10.6 Å². The first-order chi connectivity index (χ1) is 10.5. The number of para-hydroxylation sites is 1. The number of hydrogen-bond donors (Lipinski definition) is 3. The zero-order valence-corrected chi connectivity index (χ0v) is 12.0. The number of carboxylic acid groups (broad SMARTS) is 1. The number of carbonyl (C=O) groups excluding carboxylic acids is 2. The van der Waals surface area contributed by atoms with Crippen LogP contribution in [-0.2, 0) is 14.4 Å². The molecule has 0 unspecified atom stereocenters. The van der Waals surface area contributed by atoms with Crippen molar-refractivity contribution in [2.24, 2.45) is 0 Å². The summed E-state index contributed by atoms with van der Waals surface area (Å²) in [6.07, 6.45) is 1.60. The number of hydrogen-bond acceptors (Lipinski definition) is 4. The van der Waals surface area contributed by atoms with Gasteiger partial charge in [0.05, 0.1) is 6.54 Å². The lowest BCUT2D eigenvalue weighted by atomic mass is 9.77. The standard InChI is InChI=1S/C15H18N2O5/c18-12(17-15(14(20)21)7-4-8-15)9-16-13(19)10-22-11-5-2-1-3-6-11/h1-3,5-6H,4,7-10H2,(H,16,19)(H,17,18)(H,20,21). The van der Waals surface area contributed by atoms with Gasteiger partial charge in [0, 0.05) is 0 Å². The molecular formula is C15H18N2O5. The highest BCUT2D eigenvalue weighted by Crippen LogP contribution is 2.31. The average molecular weight is 306 g/mol. The van der Waals surface area contributed by atoms with E-state index >= 15 is 0 Å². The van der Waals surface area contributed by atoms with Crippen molar-refractivity contribution in [3.8, 4) is 5.75 Å². The van der Waals surface area contributed by atoms with Gasteiger partial charge in [0.15, 0.2) is 6.61 Å². The van der Waals surface area contributed by atoms with Crippen molar-refractivity contribution in [2.45, 2.75) is 24.8 Å². The van der Waals surface area contributed by atoms with Gasteiger partial charge < -0.3 is 20.5 Å². The van der Waals surface area contributed by atoms with E-state index in [1.54, 1.807) is 24.3 Å². The first-order valence-electron chi connectivity index (χ1n) is 7.01. The first kappa shape index (κ1) is 15.8. The molecule has 118 valence electrons. The second kappa shape index (κ2) is 6.93. The van der Waals surface area contributed by atoms with Crippen LogP contribution in [0.1, 0.15) is 19.3 Å². The largest absolute Gasteiger partial charge is 0.484 e. The van der Waals surface area contributed by atoms with Crippen molar-refractivity contribution in [3.05, 3.63) is 30.3 Å². The highest BCUT2D eigenvalue weighted by atomic mass is 16.5. The van der Waals surface area contributed by atoms with Crippen LogP contribution in [0.4, 0.5) is 0 Å². The van der Waals surface area contributed by atoms with Crippen LogP contribution in [0.15, 0.2) is 30.3 Å². The third kappa shape index (κ3) is 3.97. The number of nitrogens with one attached hydrogen (secondary N) is 2. The van der Waals surface area contributed by atoms with Gasteiger partial charge in [0.1, 0.15) is 11.3 Å². The van der Waals surface area contributed by atoms with Crippen LogP contribution in [0.2, 0.25) is 0 Å². The van der Waals surface area contributed by atoms with Crippen LogP contribution < -0.4 is 15.4 Å². The number of rotatable bonds is 7.